The van der Waals surface area contributed by atoms with E-state index in [9.17, 15) is 0 Å². The van der Waals surface area contributed by atoms with Gasteiger partial charge in [0.2, 0.25) is 0 Å². The molecule has 0 unspecified atom stereocenters. The highest BCUT2D eigenvalue weighted by atomic mass is 15.0. The highest BCUT2D eigenvalue weighted by Gasteiger charge is 2.36. The number of hydrogen-bond acceptors (Lipinski definition) is 1. The van der Waals surface area contributed by atoms with Gasteiger partial charge in [-0.1, -0.05) is 191 Å². The molecular formula is C64H71N3. The van der Waals surface area contributed by atoms with Crippen molar-refractivity contribution in [3.8, 4) is 22.5 Å². The highest BCUT2D eigenvalue weighted by Crippen LogP contribution is 2.51. The number of allylic oxidation sites excluding steroid dienone is 11. The van der Waals surface area contributed by atoms with E-state index in [0.29, 0.717) is 0 Å². The van der Waals surface area contributed by atoms with E-state index < -0.39 is 0 Å². The highest BCUT2D eigenvalue weighted by molar-refractivity contribution is 6.26. The topological polar surface area (TPSA) is 21.9 Å². The van der Waals surface area contributed by atoms with Gasteiger partial charge in [0, 0.05) is 49.7 Å². The van der Waals surface area contributed by atoms with Crippen LogP contribution in [0.3, 0.4) is 0 Å². The van der Waals surface area contributed by atoms with Crippen LogP contribution in [0.2, 0.25) is 0 Å². The minimum Gasteiger partial charge on any atom is -0.359 e. The fourth-order valence-corrected chi connectivity index (χ4v) is 10.1. The molecule has 3 aliphatic rings. The van der Waals surface area contributed by atoms with Crippen LogP contribution >= 0.6 is 0 Å². The third kappa shape index (κ3) is 9.30. The molecule has 0 atom stereocenters. The lowest BCUT2D eigenvalue weighted by molar-refractivity contribution is 0.660. The maximum absolute atomic E-state index is 3.76. The molecule has 0 bridgehead atoms. The van der Waals surface area contributed by atoms with Gasteiger partial charge in [-0.05, 0) is 126 Å². The molecule has 3 heteroatoms. The van der Waals surface area contributed by atoms with Crippen LogP contribution in [-0.2, 0) is 5.41 Å². The number of para-hydroxylation sites is 3. The molecule has 2 aromatic heterocycles. The Balaban J connectivity index is 0.000000300. The summed E-state index contributed by atoms with van der Waals surface area (Å²) in [6.07, 6.45) is 24.1. The summed E-state index contributed by atoms with van der Waals surface area (Å²) in [5, 5.41) is 8.80. The summed E-state index contributed by atoms with van der Waals surface area (Å²) in [7, 11) is 0. The minimum atomic E-state index is -0.142. The fraction of sp³-hybridized carbons (Fsp3) is 0.250. The van der Waals surface area contributed by atoms with Gasteiger partial charge in [-0.25, -0.2) is 0 Å². The number of nitrogens with zero attached hydrogens (tertiary/aromatic N) is 2. The van der Waals surface area contributed by atoms with Gasteiger partial charge in [0.05, 0.1) is 22.1 Å². The first-order valence-corrected chi connectivity index (χ1v) is 25.1. The van der Waals surface area contributed by atoms with Gasteiger partial charge in [-0.3, -0.25) is 0 Å². The van der Waals surface area contributed by atoms with Crippen molar-refractivity contribution >= 4 is 49.3 Å². The molecule has 0 saturated carbocycles. The zero-order chi connectivity index (χ0) is 47.5. The van der Waals surface area contributed by atoms with Crippen LogP contribution in [0, 0.1) is 0 Å². The predicted molar refractivity (Wildman–Crippen MR) is 296 cm³/mol. The van der Waals surface area contributed by atoms with Crippen LogP contribution in [0.1, 0.15) is 112 Å². The SMILES string of the molecule is C=C/C=C(\CCC)C1=CC=CCC1.CC.CC.CC.CC1(C)c2cc(NC3=CC=CCC3)ccc2-c2ccc(-n3c4ccccc4c4ccc5c(c6ccccc6n5-c5ccccc5)c43)cc21. The molecule has 0 aliphatic heterocycles. The summed E-state index contributed by atoms with van der Waals surface area (Å²) in [6, 6.07) is 47.2. The maximum atomic E-state index is 3.76. The smallest absolute Gasteiger partial charge is 0.0641 e. The fourth-order valence-electron chi connectivity index (χ4n) is 10.1. The van der Waals surface area contributed by atoms with Crippen molar-refractivity contribution in [1.29, 1.82) is 0 Å². The number of nitrogens with one attached hydrogen (secondary N) is 1. The van der Waals surface area contributed by atoms with Crippen LogP contribution in [0.15, 0.2) is 199 Å². The second-order valence-corrected chi connectivity index (χ2v) is 17.1. The number of anilines is 1. The summed E-state index contributed by atoms with van der Waals surface area (Å²) >= 11 is 0. The molecule has 0 spiro atoms. The van der Waals surface area contributed by atoms with E-state index in [-0.39, 0.29) is 5.41 Å². The van der Waals surface area contributed by atoms with Crippen molar-refractivity contribution in [2.24, 2.45) is 0 Å². The Bertz CT molecular complexity index is 3150. The Labute approximate surface area is 401 Å². The molecule has 2 heterocycles. The first-order valence-electron chi connectivity index (χ1n) is 25.1. The first-order chi connectivity index (χ1) is 33.0. The standard InChI is InChI=1S/C45H35N3.C13H18.3C2H6/c1-45(2)38-27-30(46-29-13-5-3-6-14-29)21-23-33(38)34-24-22-32(28-39(34)45)48-40-19-11-9-17-35(40)36-25-26-42-43(44(36)48)37-18-10-12-20-41(37)47(42)31-15-7-4-8-16-31;1-3-8-12(9-4-2)13-10-6-5-7-11-13;3*1-2/h3-5,7-13,15-28,46H,6,14H2,1-2H3;3,5-6,8,10H,1,4,7,9,11H2,2H3;3*1-2H3/b;12-8+;;;. The second kappa shape index (κ2) is 22.1. The van der Waals surface area contributed by atoms with Crippen molar-refractivity contribution in [2.75, 3.05) is 5.32 Å². The summed E-state index contributed by atoms with van der Waals surface area (Å²) in [5.41, 5.74) is 18.0. The van der Waals surface area contributed by atoms with Gasteiger partial charge in [0.25, 0.3) is 0 Å². The van der Waals surface area contributed by atoms with Crippen LogP contribution in [0.4, 0.5) is 5.69 Å². The second-order valence-electron chi connectivity index (χ2n) is 17.1. The molecule has 3 nitrogen and oxygen atoms in total. The molecule has 0 fully saturated rings. The van der Waals surface area contributed by atoms with Crippen molar-refractivity contribution in [3.05, 3.63) is 211 Å². The molecule has 0 radical (unpaired) electrons. The van der Waals surface area contributed by atoms with Crippen molar-refractivity contribution in [2.45, 2.75) is 106 Å². The summed E-state index contributed by atoms with van der Waals surface area (Å²) in [5.74, 6) is 0. The number of fused-ring (bicyclic) bond motifs is 10. The van der Waals surface area contributed by atoms with E-state index in [1.54, 1.807) is 0 Å². The Morgan fingerprint density at radius 1 is 0.612 bits per heavy atom. The Hall–Kier alpha value is -6.84. The van der Waals surface area contributed by atoms with Crippen LogP contribution in [0.25, 0.3) is 66.1 Å². The van der Waals surface area contributed by atoms with Crippen LogP contribution in [0.5, 0.6) is 0 Å². The van der Waals surface area contributed by atoms with Gasteiger partial charge in [-0.2, -0.15) is 0 Å². The number of hydrogen-bond donors (Lipinski definition) is 1. The maximum Gasteiger partial charge on any atom is 0.0641 e. The lowest BCUT2D eigenvalue weighted by Gasteiger charge is -2.23. The van der Waals surface area contributed by atoms with Gasteiger partial charge < -0.3 is 14.5 Å². The lowest BCUT2D eigenvalue weighted by atomic mass is 9.82. The third-order valence-electron chi connectivity index (χ3n) is 13.0. The van der Waals surface area contributed by atoms with Gasteiger partial charge in [0.1, 0.15) is 0 Å². The quantitative estimate of drug-likeness (QED) is 0.151. The van der Waals surface area contributed by atoms with E-state index in [1.165, 1.54) is 120 Å². The van der Waals surface area contributed by atoms with Crippen LogP contribution in [-0.4, -0.2) is 9.13 Å². The Morgan fingerprint density at radius 3 is 1.90 bits per heavy atom. The molecule has 8 aromatic rings. The zero-order valence-electron chi connectivity index (χ0n) is 41.6. The Morgan fingerprint density at radius 2 is 1.24 bits per heavy atom. The number of rotatable bonds is 8. The average molecular weight is 882 g/mol. The van der Waals surface area contributed by atoms with E-state index in [1.807, 2.05) is 47.6 Å². The molecule has 1 N–H and O–H groups in total. The molecule has 11 rings (SSSR count). The van der Waals surface area contributed by atoms with E-state index in [4.69, 9.17) is 0 Å². The van der Waals surface area contributed by atoms with Gasteiger partial charge in [0.15, 0.2) is 0 Å². The van der Waals surface area contributed by atoms with Gasteiger partial charge in [-0.15, -0.1) is 0 Å². The molecule has 3 aliphatic carbocycles. The van der Waals surface area contributed by atoms with Crippen molar-refractivity contribution in [1.82, 2.24) is 9.13 Å². The number of benzene rings is 6. The Kier molecular flexibility index (Phi) is 15.9. The monoisotopic (exact) mass is 882 g/mol. The molecular weight excluding hydrogens is 811 g/mol. The summed E-state index contributed by atoms with van der Waals surface area (Å²) in [6.45, 7) is 22.7. The number of aromatic nitrogens is 2. The molecule has 0 saturated heterocycles. The minimum absolute atomic E-state index is 0.142. The van der Waals surface area contributed by atoms with E-state index >= 15 is 0 Å². The first kappa shape index (κ1) is 48.1. The molecule has 6 aromatic carbocycles. The van der Waals surface area contributed by atoms with Crippen LogP contribution < -0.4 is 5.32 Å². The molecule has 67 heavy (non-hydrogen) atoms. The molecule has 342 valence electrons. The normalized spacial score (nSPS) is 14.3. The summed E-state index contributed by atoms with van der Waals surface area (Å²) < 4.78 is 4.93. The van der Waals surface area contributed by atoms with E-state index in [0.717, 1.165) is 18.5 Å². The third-order valence-corrected chi connectivity index (χ3v) is 13.0. The lowest BCUT2D eigenvalue weighted by Crippen LogP contribution is -2.16. The molecule has 0 amide bonds. The summed E-state index contributed by atoms with van der Waals surface area (Å²) in [4.78, 5) is 0. The van der Waals surface area contributed by atoms with Crippen molar-refractivity contribution < 1.29 is 0 Å². The average Bonchev–Trinajstić information content (AvgIpc) is 3.99. The van der Waals surface area contributed by atoms with Gasteiger partial charge >= 0.3 is 0 Å². The van der Waals surface area contributed by atoms with E-state index in [2.05, 4.69) is 212 Å². The predicted octanol–water partition coefficient (Wildman–Crippen LogP) is 19.1. The largest absolute Gasteiger partial charge is 0.359 e. The van der Waals surface area contributed by atoms with Crippen molar-refractivity contribution in [3.63, 3.8) is 0 Å². The zero-order valence-corrected chi connectivity index (χ0v) is 41.6.